The van der Waals surface area contributed by atoms with Crippen molar-refractivity contribution in [2.75, 3.05) is 6.61 Å². The Hall–Kier alpha value is -1.63. The first-order chi connectivity index (χ1) is 16.2. The van der Waals surface area contributed by atoms with E-state index in [-0.39, 0.29) is 29.9 Å². The Morgan fingerprint density at radius 3 is 1.97 bits per heavy atom. The average Bonchev–Trinajstić information content (AvgIpc) is 2.86. The van der Waals surface area contributed by atoms with Gasteiger partial charge in [0.2, 0.25) is 5.69 Å². The number of aromatic nitrogens is 1. The molecule has 0 atom stereocenters. The SMILES string of the molecule is CCCCCCCCCCCCCCOc1ccc(C(=O)NCc2cccc[n+]2CC)cc1.[I-]. The predicted octanol–water partition coefficient (Wildman–Crippen LogP) is 4.01. The highest BCUT2D eigenvalue weighted by Gasteiger charge is 2.11. The molecule has 34 heavy (non-hydrogen) atoms. The molecule has 2 rings (SSSR count). The number of benzene rings is 1. The zero-order valence-corrected chi connectivity index (χ0v) is 23.5. The quantitative estimate of drug-likeness (QED) is 0.165. The van der Waals surface area contributed by atoms with Gasteiger partial charge in [-0.1, -0.05) is 83.6 Å². The number of pyridine rings is 1. The standard InChI is InChI=1S/C29H44N2O2.HI/c1-3-5-6-7-8-9-10-11-12-13-14-17-24-33-28-21-19-26(20-22-28)29(32)30-25-27-18-15-16-23-31(27)4-2;/h15-16,18-23H,3-14,17,24-25H2,1-2H3;1H. The summed E-state index contributed by atoms with van der Waals surface area (Å²) in [5, 5.41) is 3.00. The fourth-order valence-corrected chi connectivity index (χ4v) is 4.09. The number of hydrogen-bond acceptors (Lipinski definition) is 2. The Labute approximate surface area is 224 Å². The second-order valence-electron chi connectivity index (χ2n) is 8.92. The van der Waals surface area contributed by atoms with Crippen molar-refractivity contribution in [3.05, 3.63) is 59.9 Å². The normalized spacial score (nSPS) is 10.5. The van der Waals surface area contributed by atoms with E-state index in [1.54, 1.807) is 0 Å². The van der Waals surface area contributed by atoms with Crippen LogP contribution >= 0.6 is 0 Å². The molecule has 4 nitrogen and oxygen atoms in total. The molecule has 1 aromatic carbocycles. The molecule has 190 valence electrons. The number of nitrogens with zero attached hydrogens (tertiary/aromatic N) is 1. The summed E-state index contributed by atoms with van der Waals surface area (Å²) in [4.78, 5) is 12.5. The van der Waals surface area contributed by atoms with Gasteiger partial charge in [0, 0.05) is 17.7 Å². The Morgan fingerprint density at radius 2 is 1.38 bits per heavy atom. The zero-order valence-electron chi connectivity index (χ0n) is 21.4. The number of amides is 1. The third-order valence-corrected chi connectivity index (χ3v) is 6.19. The van der Waals surface area contributed by atoms with E-state index in [2.05, 4.69) is 23.7 Å². The van der Waals surface area contributed by atoms with Gasteiger partial charge < -0.3 is 34.0 Å². The van der Waals surface area contributed by atoms with Crippen molar-refractivity contribution in [2.24, 2.45) is 0 Å². The monoisotopic (exact) mass is 580 g/mol. The van der Waals surface area contributed by atoms with E-state index in [1.165, 1.54) is 70.6 Å². The molecule has 0 spiro atoms. The lowest BCUT2D eigenvalue weighted by molar-refractivity contribution is -0.701. The van der Waals surface area contributed by atoms with Crippen LogP contribution in [0.4, 0.5) is 0 Å². The van der Waals surface area contributed by atoms with Crippen molar-refractivity contribution in [2.45, 2.75) is 104 Å². The molecule has 1 N–H and O–H groups in total. The molecular formula is C29H45IN2O2. The number of carbonyl (C=O) groups excluding carboxylic acids is 1. The summed E-state index contributed by atoms with van der Waals surface area (Å²) in [6.45, 7) is 6.52. The number of hydrogen-bond donors (Lipinski definition) is 1. The van der Waals surface area contributed by atoms with Crippen molar-refractivity contribution in [1.82, 2.24) is 5.32 Å². The lowest BCUT2D eigenvalue weighted by Crippen LogP contribution is -3.00. The lowest BCUT2D eigenvalue weighted by Gasteiger charge is -2.08. The number of ether oxygens (including phenoxy) is 1. The number of halogens is 1. The maximum Gasteiger partial charge on any atom is 0.251 e. The topological polar surface area (TPSA) is 42.2 Å². The summed E-state index contributed by atoms with van der Waals surface area (Å²) < 4.78 is 7.99. The highest BCUT2D eigenvalue weighted by molar-refractivity contribution is 5.94. The Bertz CT molecular complexity index is 780. The maximum absolute atomic E-state index is 12.5. The summed E-state index contributed by atoms with van der Waals surface area (Å²) in [6.07, 6.45) is 18.2. The molecule has 0 saturated carbocycles. The van der Waals surface area contributed by atoms with Crippen LogP contribution in [0.15, 0.2) is 48.7 Å². The molecule has 0 radical (unpaired) electrons. The van der Waals surface area contributed by atoms with Gasteiger partial charge in [-0.25, -0.2) is 4.57 Å². The molecule has 1 amide bonds. The van der Waals surface area contributed by atoms with E-state index < -0.39 is 0 Å². The Balaban J connectivity index is 0.00000578. The minimum atomic E-state index is -0.0611. The van der Waals surface area contributed by atoms with Gasteiger partial charge >= 0.3 is 0 Å². The van der Waals surface area contributed by atoms with Crippen molar-refractivity contribution in [3.8, 4) is 5.75 Å². The second-order valence-corrected chi connectivity index (χ2v) is 8.92. The van der Waals surface area contributed by atoms with E-state index >= 15 is 0 Å². The van der Waals surface area contributed by atoms with Gasteiger partial charge in [0.15, 0.2) is 6.20 Å². The summed E-state index contributed by atoms with van der Waals surface area (Å²) in [5.41, 5.74) is 1.75. The van der Waals surface area contributed by atoms with Gasteiger partial charge in [0.05, 0.1) is 6.61 Å². The molecular weight excluding hydrogens is 535 g/mol. The zero-order chi connectivity index (χ0) is 23.6. The van der Waals surface area contributed by atoms with Crippen molar-refractivity contribution < 1.29 is 38.1 Å². The van der Waals surface area contributed by atoms with Crippen molar-refractivity contribution in [3.63, 3.8) is 0 Å². The van der Waals surface area contributed by atoms with Gasteiger partial charge in [-0.2, -0.15) is 0 Å². The third kappa shape index (κ3) is 12.7. The fraction of sp³-hybridized carbons (Fsp3) is 0.586. The largest absolute Gasteiger partial charge is 1.00 e. The first-order valence-electron chi connectivity index (χ1n) is 13.2. The summed E-state index contributed by atoms with van der Waals surface area (Å²) in [5.74, 6) is 0.774. The van der Waals surface area contributed by atoms with Gasteiger partial charge in [-0.05, 0) is 37.6 Å². The average molecular weight is 581 g/mol. The minimum Gasteiger partial charge on any atom is -1.00 e. The van der Waals surface area contributed by atoms with E-state index in [4.69, 9.17) is 4.74 Å². The molecule has 0 bridgehead atoms. The highest BCUT2D eigenvalue weighted by Crippen LogP contribution is 2.15. The van der Waals surface area contributed by atoms with Crippen LogP contribution in [0.1, 0.15) is 107 Å². The fourth-order valence-electron chi connectivity index (χ4n) is 4.09. The second kappa shape index (κ2) is 19.7. The van der Waals surface area contributed by atoms with Gasteiger partial charge in [0.25, 0.3) is 5.91 Å². The molecule has 0 saturated heterocycles. The van der Waals surface area contributed by atoms with Crippen LogP contribution < -0.4 is 38.6 Å². The number of nitrogens with one attached hydrogen (secondary N) is 1. The van der Waals surface area contributed by atoms with Crippen LogP contribution in [0.5, 0.6) is 5.75 Å². The first kappa shape index (κ1) is 30.4. The minimum absolute atomic E-state index is 0. The van der Waals surface area contributed by atoms with Crippen LogP contribution in [0.3, 0.4) is 0 Å². The Morgan fingerprint density at radius 1 is 0.794 bits per heavy atom. The molecule has 0 aliphatic carbocycles. The van der Waals surface area contributed by atoms with E-state index in [0.29, 0.717) is 12.1 Å². The van der Waals surface area contributed by atoms with Gasteiger partial charge in [0.1, 0.15) is 18.8 Å². The molecule has 5 heteroatoms. The summed E-state index contributed by atoms with van der Waals surface area (Å²) >= 11 is 0. The van der Waals surface area contributed by atoms with Crippen LogP contribution in [0.25, 0.3) is 0 Å². The van der Waals surface area contributed by atoms with Crippen LogP contribution in [-0.4, -0.2) is 12.5 Å². The molecule has 2 aromatic rings. The van der Waals surface area contributed by atoms with Gasteiger partial charge in [-0.15, -0.1) is 0 Å². The smallest absolute Gasteiger partial charge is 0.251 e. The van der Waals surface area contributed by atoms with Crippen molar-refractivity contribution >= 4 is 5.91 Å². The van der Waals surface area contributed by atoms with Gasteiger partial charge in [-0.3, -0.25) is 4.79 Å². The lowest BCUT2D eigenvalue weighted by atomic mass is 10.1. The molecule has 0 aliphatic rings. The van der Waals surface area contributed by atoms with E-state index in [9.17, 15) is 4.79 Å². The van der Waals surface area contributed by atoms with Crippen LogP contribution in [-0.2, 0) is 13.1 Å². The highest BCUT2D eigenvalue weighted by atomic mass is 127. The molecule has 1 aromatic heterocycles. The molecule has 0 unspecified atom stereocenters. The third-order valence-electron chi connectivity index (χ3n) is 6.19. The van der Waals surface area contributed by atoms with E-state index in [1.807, 2.05) is 48.7 Å². The first-order valence-corrected chi connectivity index (χ1v) is 13.2. The molecule has 1 heterocycles. The van der Waals surface area contributed by atoms with E-state index in [0.717, 1.165) is 31.0 Å². The maximum atomic E-state index is 12.5. The number of aryl methyl sites for hydroxylation is 1. The summed E-state index contributed by atoms with van der Waals surface area (Å²) in [7, 11) is 0. The van der Waals surface area contributed by atoms with Crippen LogP contribution in [0.2, 0.25) is 0 Å². The summed E-state index contributed by atoms with van der Waals surface area (Å²) in [6, 6.07) is 13.5. The number of carbonyl (C=O) groups is 1. The predicted molar refractivity (Wildman–Crippen MR) is 136 cm³/mol. The molecule has 0 aliphatic heterocycles. The van der Waals surface area contributed by atoms with Crippen LogP contribution in [0, 0.1) is 0 Å². The number of rotatable bonds is 18. The Kier molecular flexibility index (Phi) is 17.6. The molecule has 0 fully saturated rings. The van der Waals surface area contributed by atoms with Crippen molar-refractivity contribution in [1.29, 1.82) is 0 Å². The number of unbranched alkanes of at least 4 members (excludes halogenated alkanes) is 11.